The Balaban J connectivity index is 2.34. The number of ether oxygens (including phenoxy) is 2. The van der Waals surface area contributed by atoms with Gasteiger partial charge >= 0.3 is 0 Å². The van der Waals surface area contributed by atoms with E-state index in [0.717, 1.165) is 32.8 Å². The van der Waals surface area contributed by atoms with E-state index >= 15 is 0 Å². The van der Waals surface area contributed by atoms with Crippen LogP contribution in [0.4, 0.5) is 5.69 Å². The molecule has 0 saturated heterocycles. The zero-order chi connectivity index (χ0) is 16.8. The molecule has 0 atom stereocenters. The molecule has 3 nitrogen and oxygen atoms in total. The molecule has 0 saturated carbocycles. The summed E-state index contributed by atoms with van der Waals surface area (Å²) in [4.78, 5) is 4.59. The first-order valence-electron chi connectivity index (χ1n) is 7.75. The Morgan fingerprint density at radius 3 is 2.43 bits per heavy atom. The van der Waals surface area contributed by atoms with E-state index in [4.69, 9.17) is 9.47 Å². The molecule has 0 spiro atoms. The lowest BCUT2D eigenvalue weighted by atomic mass is 10.1. The standard InChI is InChI=1S/C19H22BrNO2/c1-5-22-18-11-15(10-16(20)19(18)23-6-2)12-21-17-8-7-13(3)9-14(17)4/h7-12H,5-6H2,1-4H3. The van der Waals surface area contributed by atoms with Gasteiger partial charge in [0.1, 0.15) is 0 Å². The van der Waals surface area contributed by atoms with E-state index in [1.165, 1.54) is 5.56 Å². The SMILES string of the molecule is CCOc1cc(C=Nc2ccc(C)cc2C)cc(Br)c1OCC. The molecular formula is C19H22BrNO2. The summed E-state index contributed by atoms with van der Waals surface area (Å²) >= 11 is 3.55. The van der Waals surface area contributed by atoms with E-state index in [1.807, 2.05) is 38.3 Å². The number of hydrogen-bond donors (Lipinski definition) is 0. The Hall–Kier alpha value is -1.81. The summed E-state index contributed by atoms with van der Waals surface area (Å²) in [5.74, 6) is 1.46. The Bertz CT molecular complexity index is 711. The van der Waals surface area contributed by atoms with Gasteiger partial charge in [-0.2, -0.15) is 0 Å². The third-order valence-electron chi connectivity index (χ3n) is 3.33. The maximum Gasteiger partial charge on any atom is 0.175 e. The first-order valence-corrected chi connectivity index (χ1v) is 8.55. The smallest absolute Gasteiger partial charge is 0.175 e. The van der Waals surface area contributed by atoms with Crippen molar-refractivity contribution in [2.24, 2.45) is 4.99 Å². The van der Waals surface area contributed by atoms with Crippen LogP contribution in [0.2, 0.25) is 0 Å². The Morgan fingerprint density at radius 2 is 1.78 bits per heavy atom. The number of nitrogens with zero attached hydrogens (tertiary/aromatic N) is 1. The lowest BCUT2D eigenvalue weighted by Gasteiger charge is -2.13. The molecule has 0 aliphatic heterocycles. The van der Waals surface area contributed by atoms with Gasteiger partial charge in [-0.1, -0.05) is 17.7 Å². The quantitative estimate of drug-likeness (QED) is 0.613. The molecule has 0 radical (unpaired) electrons. The molecule has 0 bridgehead atoms. The summed E-state index contributed by atoms with van der Waals surface area (Å²) in [5.41, 5.74) is 4.34. The molecule has 0 unspecified atom stereocenters. The predicted octanol–water partition coefficient (Wildman–Crippen LogP) is 5.61. The molecule has 0 heterocycles. The predicted molar refractivity (Wildman–Crippen MR) is 99.7 cm³/mol. The average molecular weight is 376 g/mol. The second kappa shape index (κ2) is 8.16. The summed E-state index contributed by atoms with van der Waals surface area (Å²) in [7, 11) is 0. The molecule has 0 aromatic heterocycles. The lowest BCUT2D eigenvalue weighted by Crippen LogP contribution is -2.00. The van der Waals surface area contributed by atoms with Gasteiger partial charge in [0.2, 0.25) is 0 Å². The highest BCUT2D eigenvalue weighted by Gasteiger charge is 2.11. The van der Waals surface area contributed by atoms with Crippen molar-refractivity contribution in [3.63, 3.8) is 0 Å². The molecule has 23 heavy (non-hydrogen) atoms. The lowest BCUT2D eigenvalue weighted by molar-refractivity contribution is 0.286. The van der Waals surface area contributed by atoms with Crippen LogP contribution in [0.1, 0.15) is 30.5 Å². The summed E-state index contributed by atoms with van der Waals surface area (Å²) in [6.07, 6.45) is 1.85. The first-order chi connectivity index (χ1) is 11.0. The van der Waals surface area contributed by atoms with Crippen LogP contribution in [0.15, 0.2) is 39.8 Å². The van der Waals surface area contributed by atoms with Crippen LogP contribution >= 0.6 is 15.9 Å². The summed E-state index contributed by atoms with van der Waals surface area (Å²) in [5, 5.41) is 0. The van der Waals surface area contributed by atoms with Crippen molar-refractivity contribution in [2.75, 3.05) is 13.2 Å². The number of benzene rings is 2. The van der Waals surface area contributed by atoms with Gasteiger partial charge in [-0.3, -0.25) is 4.99 Å². The van der Waals surface area contributed by atoms with Crippen LogP contribution < -0.4 is 9.47 Å². The molecule has 122 valence electrons. The molecule has 2 aromatic carbocycles. The molecule has 2 aromatic rings. The van der Waals surface area contributed by atoms with Crippen LogP contribution in [0.3, 0.4) is 0 Å². The fourth-order valence-electron chi connectivity index (χ4n) is 2.30. The molecular weight excluding hydrogens is 354 g/mol. The number of rotatable bonds is 6. The Labute approximate surface area is 146 Å². The van der Waals surface area contributed by atoms with Crippen molar-refractivity contribution >= 4 is 27.8 Å². The first kappa shape index (κ1) is 17.5. The van der Waals surface area contributed by atoms with Gasteiger partial charge in [0.15, 0.2) is 11.5 Å². The van der Waals surface area contributed by atoms with E-state index in [-0.39, 0.29) is 0 Å². The summed E-state index contributed by atoms with van der Waals surface area (Å²) < 4.78 is 12.2. The average Bonchev–Trinajstić information content (AvgIpc) is 2.50. The maximum absolute atomic E-state index is 5.69. The van der Waals surface area contributed by atoms with Gasteiger partial charge in [0.25, 0.3) is 0 Å². The number of aryl methyl sites for hydroxylation is 2. The van der Waals surface area contributed by atoms with Crippen LogP contribution in [-0.4, -0.2) is 19.4 Å². The van der Waals surface area contributed by atoms with Crippen molar-refractivity contribution in [2.45, 2.75) is 27.7 Å². The van der Waals surface area contributed by atoms with Crippen molar-refractivity contribution in [3.05, 3.63) is 51.5 Å². The molecule has 0 amide bonds. The highest BCUT2D eigenvalue weighted by molar-refractivity contribution is 9.10. The van der Waals surface area contributed by atoms with Crippen LogP contribution in [0.5, 0.6) is 11.5 Å². The maximum atomic E-state index is 5.69. The number of aliphatic imine (C=N–C) groups is 1. The second-order valence-electron chi connectivity index (χ2n) is 5.24. The third kappa shape index (κ3) is 4.58. The molecule has 4 heteroatoms. The van der Waals surface area contributed by atoms with E-state index in [2.05, 4.69) is 46.9 Å². The fourth-order valence-corrected chi connectivity index (χ4v) is 2.88. The summed E-state index contributed by atoms with van der Waals surface area (Å²) in [6.45, 7) is 9.24. The highest BCUT2D eigenvalue weighted by atomic mass is 79.9. The molecule has 0 aliphatic carbocycles. The second-order valence-corrected chi connectivity index (χ2v) is 6.10. The van der Waals surface area contributed by atoms with Crippen molar-refractivity contribution in [1.29, 1.82) is 0 Å². The van der Waals surface area contributed by atoms with Crippen LogP contribution in [0, 0.1) is 13.8 Å². The van der Waals surface area contributed by atoms with Crippen LogP contribution in [0.25, 0.3) is 0 Å². The van der Waals surface area contributed by atoms with Gasteiger partial charge in [0, 0.05) is 6.21 Å². The van der Waals surface area contributed by atoms with Crippen LogP contribution in [-0.2, 0) is 0 Å². The zero-order valence-electron chi connectivity index (χ0n) is 14.0. The van der Waals surface area contributed by atoms with E-state index in [0.29, 0.717) is 13.2 Å². The minimum atomic E-state index is 0.587. The third-order valence-corrected chi connectivity index (χ3v) is 3.91. The number of hydrogen-bond acceptors (Lipinski definition) is 3. The van der Waals surface area contributed by atoms with Crippen molar-refractivity contribution in [3.8, 4) is 11.5 Å². The molecule has 2 rings (SSSR count). The van der Waals surface area contributed by atoms with Crippen molar-refractivity contribution < 1.29 is 9.47 Å². The van der Waals surface area contributed by atoms with Crippen molar-refractivity contribution in [1.82, 2.24) is 0 Å². The molecule has 0 aliphatic rings. The minimum absolute atomic E-state index is 0.587. The monoisotopic (exact) mass is 375 g/mol. The summed E-state index contributed by atoms with van der Waals surface area (Å²) in [6, 6.07) is 10.2. The van der Waals surface area contributed by atoms with Gasteiger partial charge < -0.3 is 9.47 Å². The minimum Gasteiger partial charge on any atom is -0.490 e. The van der Waals surface area contributed by atoms with E-state index < -0.39 is 0 Å². The Kier molecular flexibility index (Phi) is 6.22. The number of halogens is 1. The van der Waals surface area contributed by atoms with Gasteiger partial charge in [-0.05, 0) is 73.0 Å². The topological polar surface area (TPSA) is 30.8 Å². The fraction of sp³-hybridized carbons (Fsp3) is 0.316. The zero-order valence-corrected chi connectivity index (χ0v) is 15.6. The van der Waals surface area contributed by atoms with Gasteiger partial charge in [-0.15, -0.1) is 0 Å². The van der Waals surface area contributed by atoms with Gasteiger partial charge in [-0.25, -0.2) is 0 Å². The molecule has 0 fully saturated rings. The molecule has 0 N–H and O–H groups in total. The largest absolute Gasteiger partial charge is 0.490 e. The highest BCUT2D eigenvalue weighted by Crippen LogP contribution is 2.36. The van der Waals surface area contributed by atoms with E-state index in [9.17, 15) is 0 Å². The van der Waals surface area contributed by atoms with E-state index in [1.54, 1.807) is 0 Å². The Morgan fingerprint density at radius 1 is 1.04 bits per heavy atom. The van der Waals surface area contributed by atoms with Gasteiger partial charge in [0.05, 0.1) is 23.4 Å². The normalized spacial score (nSPS) is 11.0.